The zero-order valence-corrected chi connectivity index (χ0v) is 13.0. The van der Waals surface area contributed by atoms with E-state index in [0.717, 1.165) is 30.5 Å². The first-order valence-electron chi connectivity index (χ1n) is 7.40. The van der Waals surface area contributed by atoms with Gasteiger partial charge in [-0.2, -0.15) is 10.4 Å². The molecule has 0 bridgehead atoms. The molecule has 0 saturated heterocycles. The number of rotatable bonds is 8. The number of carbonyl (C=O) groups excluding carboxylic acids is 1. The molecule has 0 saturated carbocycles. The number of aryl methyl sites for hydroxylation is 1. The summed E-state index contributed by atoms with van der Waals surface area (Å²) in [5, 5.41) is 17.9. The highest BCUT2D eigenvalue weighted by Crippen LogP contribution is 2.23. The first-order valence-corrected chi connectivity index (χ1v) is 7.40. The maximum atomic E-state index is 11.3. The summed E-state index contributed by atoms with van der Waals surface area (Å²) in [6, 6.07) is 2.22. The Kier molecular flexibility index (Phi) is 6.60. The van der Waals surface area contributed by atoms with Crippen molar-refractivity contribution in [1.82, 2.24) is 10.2 Å². The molecule has 6 heteroatoms. The van der Waals surface area contributed by atoms with Crippen molar-refractivity contribution in [3.63, 3.8) is 0 Å². The fraction of sp³-hybridized carbons (Fsp3) is 0.600. The number of nitriles is 1. The third kappa shape index (κ3) is 4.15. The monoisotopic (exact) mass is 289 g/mol. The lowest BCUT2D eigenvalue weighted by atomic mass is 10.0. The maximum absolute atomic E-state index is 11.3. The highest BCUT2D eigenvalue weighted by molar-refractivity contribution is 5.79. The molecule has 0 fully saturated rings. The highest BCUT2D eigenvalue weighted by Gasteiger charge is 2.20. The smallest absolute Gasteiger partial charge is 0.237 e. The molecule has 0 aliphatic rings. The van der Waals surface area contributed by atoms with Crippen LogP contribution in [0.15, 0.2) is 0 Å². The maximum Gasteiger partial charge on any atom is 0.237 e. The van der Waals surface area contributed by atoms with Crippen LogP contribution < -0.4 is 10.6 Å². The Labute approximate surface area is 126 Å². The summed E-state index contributed by atoms with van der Waals surface area (Å²) in [4.78, 5) is 13.0. The van der Waals surface area contributed by atoms with E-state index in [1.54, 1.807) is 4.90 Å². The van der Waals surface area contributed by atoms with Crippen molar-refractivity contribution in [2.24, 2.45) is 5.73 Å². The average Bonchev–Trinajstić information content (AvgIpc) is 2.49. The normalized spacial score (nSPS) is 10.2. The number of amides is 1. The standard InChI is InChI=1S/C15H23N5O/c1-4-7-8-20(10-14(17)21)15-12(9-16)11(5-2)13(6-3)18-19-15/h4-8,10H2,1-3H3,(H2,17,21). The van der Waals surface area contributed by atoms with Gasteiger partial charge in [0.2, 0.25) is 5.91 Å². The van der Waals surface area contributed by atoms with E-state index in [0.29, 0.717) is 24.3 Å². The van der Waals surface area contributed by atoms with Gasteiger partial charge in [-0.3, -0.25) is 4.79 Å². The summed E-state index contributed by atoms with van der Waals surface area (Å²) < 4.78 is 0. The van der Waals surface area contributed by atoms with Crippen LogP contribution in [0.25, 0.3) is 0 Å². The van der Waals surface area contributed by atoms with Crippen molar-refractivity contribution in [3.8, 4) is 6.07 Å². The van der Waals surface area contributed by atoms with E-state index >= 15 is 0 Å². The molecule has 0 atom stereocenters. The fourth-order valence-electron chi connectivity index (χ4n) is 2.30. The van der Waals surface area contributed by atoms with Crippen molar-refractivity contribution >= 4 is 11.7 Å². The van der Waals surface area contributed by atoms with Crippen LogP contribution in [0, 0.1) is 11.3 Å². The predicted molar refractivity (Wildman–Crippen MR) is 81.8 cm³/mol. The van der Waals surface area contributed by atoms with Gasteiger partial charge in [-0.1, -0.05) is 27.2 Å². The summed E-state index contributed by atoms with van der Waals surface area (Å²) in [5.41, 5.74) is 7.58. The number of carbonyl (C=O) groups is 1. The summed E-state index contributed by atoms with van der Waals surface area (Å²) in [6.45, 7) is 6.74. The average molecular weight is 289 g/mol. The lowest BCUT2D eigenvalue weighted by Crippen LogP contribution is -2.36. The van der Waals surface area contributed by atoms with E-state index in [1.165, 1.54) is 0 Å². The van der Waals surface area contributed by atoms with Crippen LogP contribution >= 0.6 is 0 Å². The van der Waals surface area contributed by atoms with E-state index in [-0.39, 0.29) is 6.54 Å². The summed E-state index contributed by atoms with van der Waals surface area (Å²) in [7, 11) is 0. The summed E-state index contributed by atoms with van der Waals surface area (Å²) in [6.07, 6.45) is 3.33. The quantitative estimate of drug-likeness (QED) is 0.783. The summed E-state index contributed by atoms with van der Waals surface area (Å²) >= 11 is 0. The van der Waals surface area contributed by atoms with Crippen molar-refractivity contribution in [2.75, 3.05) is 18.0 Å². The van der Waals surface area contributed by atoms with Gasteiger partial charge in [0.1, 0.15) is 11.6 Å². The number of hydrogen-bond donors (Lipinski definition) is 1. The van der Waals surface area contributed by atoms with Gasteiger partial charge in [-0.15, -0.1) is 5.10 Å². The Morgan fingerprint density at radius 3 is 2.48 bits per heavy atom. The van der Waals surface area contributed by atoms with E-state index in [2.05, 4.69) is 23.2 Å². The zero-order valence-electron chi connectivity index (χ0n) is 13.0. The largest absolute Gasteiger partial charge is 0.368 e. The third-order valence-electron chi connectivity index (χ3n) is 3.37. The van der Waals surface area contributed by atoms with Gasteiger partial charge in [-0.05, 0) is 24.8 Å². The minimum absolute atomic E-state index is 0.0536. The molecule has 1 aromatic heterocycles. The lowest BCUT2D eigenvalue weighted by Gasteiger charge is -2.23. The number of aromatic nitrogens is 2. The van der Waals surface area contributed by atoms with Crippen LogP contribution in [0.5, 0.6) is 0 Å². The van der Waals surface area contributed by atoms with Crippen molar-refractivity contribution in [2.45, 2.75) is 46.5 Å². The van der Waals surface area contributed by atoms with E-state index in [1.807, 2.05) is 13.8 Å². The van der Waals surface area contributed by atoms with Crippen LogP contribution in [0.3, 0.4) is 0 Å². The topological polar surface area (TPSA) is 95.9 Å². The number of unbranched alkanes of at least 4 members (excludes halogenated alkanes) is 1. The SMILES string of the molecule is CCCCN(CC(N)=O)c1nnc(CC)c(CC)c1C#N. The van der Waals surface area contributed by atoms with Crippen molar-refractivity contribution in [3.05, 3.63) is 16.8 Å². The first kappa shape index (κ1) is 16.9. The predicted octanol–water partition coefficient (Wildman–Crippen LogP) is 1.56. The molecule has 0 aliphatic heterocycles. The van der Waals surface area contributed by atoms with E-state index in [4.69, 9.17) is 5.73 Å². The highest BCUT2D eigenvalue weighted by atomic mass is 16.1. The Morgan fingerprint density at radius 2 is 2.00 bits per heavy atom. The molecule has 2 N–H and O–H groups in total. The molecule has 1 aromatic rings. The van der Waals surface area contributed by atoms with Crippen molar-refractivity contribution in [1.29, 1.82) is 5.26 Å². The number of nitrogens with zero attached hydrogens (tertiary/aromatic N) is 4. The second-order valence-electron chi connectivity index (χ2n) is 4.88. The number of anilines is 1. The lowest BCUT2D eigenvalue weighted by molar-refractivity contribution is -0.116. The molecular weight excluding hydrogens is 266 g/mol. The molecule has 1 amide bonds. The fourth-order valence-corrected chi connectivity index (χ4v) is 2.30. The van der Waals surface area contributed by atoms with Crippen LogP contribution in [0.2, 0.25) is 0 Å². The Balaban J connectivity index is 3.30. The minimum Gasteiger partial charge on any atom is -0.368 e. The number of primary amides is 1. The van der Waals surface area contributed by atoms with E-state index < -0.39 is 5.91 Å². The van der Waals surface area contributed by atoms with Crippen LogP contribution in [0.4, 0.5) is 5.82 Å². The second kappa shape index (κ2) is 8.20. The van der Waals surface area contributed by atoms with Crippen LogP contribution in [-0.2, 0) is 17.6 Å². The molecule has 21 heavy (non-hydrogen) atoms. The Bertz CT molecular complexity index is 536. The third-order valence-corrected chi connectivity index (χ3v) is 3.37. The Morgan fingerprint density at radius 1 is 1.29 bits per heavy atom. The van der Waals surface area contributed by atoms with Crippen molar-refractivity contribution < 1.29 is 4.79 Å². The number of hydrogen-bond acceptors (Lipinski definition) is 5. The zero-order chi connectivity index (χ0) is 15.8. The Hall–Kier alpha value is -2.16. The molecule has 0 aromatic carbocycles. The summed E-state index contributed by atoms with van der Waals surface area (Å²) in [5.74, 6) is 0.0354. The van der Waals surface area contributed by atoms with Gasteiger partial charge < -0.3 is 10.6 Å². The van der Waals surface area contributed by atoms with E-state index in [9.17, 15) is 10.1 Å². The van der Waals surface area contributed by atoms with Gasteiger partial charge in [0.25, 0.3) is 0 Å². The van der Waals surface area contributed by atoms with Crippen LogP contribution in [-0.4, -0.2) is 29.2 Å². The molecule has 0 radical (unpaired) electrons. The molecule has 1 heterocycles. The molecule has 1 rings (SSSR count). The van der Waals surface area contributed by atoms with Gasteiger partial charge in [0.15, 0.2) is 5.82 Å². The van der Waals surface area contributed by atoms with Gasteiger partial charge in [0.05, 0.1) is 12.2 Å². The van der Waals surface area contributed by atoms with Gasteiger partial charge in [0, 0.05) is 6.54 Å². The molecule has 0 spiro atoms. The molecule has 114 valence electrons. The molecule has 0 unspecified atom stereocenters. The first-order chi connectivity index (χ1) is 10.1. The molecular formula is C15H23N5O. The van der Waals surface area contributed by atoms with Gasteiger partial charge in [-0.25, -0.2) is 0 Å². The minimum atomic E-state index is -0.436. The number of nitrogens with two attached hydrogens (primary N) is 1. The van der Waals surface area contributed by atoms with Crippen LogP contribution in [0.1, 0.15) is 50.4 Å². The molecule has 0 aliphatic carbocycles. The van der Waals surface area contributed by atoms with Gasteiger partial charge >= 0.3 is 0 Å². The molecule has 6 nitrogen and oxygen atoms in total. The second-order valence-corrected chi connectivity index (χ2v) is 4.88.